The molecule has 8 rings (SSSR count). The lowest BCUT2D eigenvalue weighted by molar-refractivity contribution is 0.583. The van der Waals surface area contributed by atoms with E-state index >= 15 is 4.57 Å². The van der Waals surface area contributed by atoms with Gasteiger partial charge in [0.05, 0.1) is 22.0 Å². The molecule has 0 radical (unpaired) electrons. The molecule has 0 fully saturated rings. The Morgan fingerprint density at radius 2 is 1.03 bits per heavy atom. The van der Waals surface area contributed by atoms with E-state index < -0.39 is 7.29 Å². The summed E-state index contributed by atoms with van der Waals surface area (Å²) in [6, 6.07) is 43.5. The van der Waals surface area contributed by atoms with Gasteiger partial charge in [-0.15, -0.1) is 0 Å². The molecule has 0 amide bonds. The number of benzene rings is 5. The average Bonchev–Trinajstić information content (AvgIpc) is 3.55. The first-order valence-corrected chi connectivity index (χ1v) is 14.5. The van der Waals surface area contributed by atoms with Crippen LogP contribution in [0.25, 0.3) is 49.7 Å². The van der Waals surface area contributed by atoms with Crippen molar-refractivity contribution < 1.29 is 4.57 Å². The molecule has 2 aromatic heterocycles. The van der Waals surface area contributed by atoms with Crippen molar-refractivity contribution in [3.05, 3.63) is 140 Å². The van der Waals surface area contributed by atoms with Gasteiger partial charge < -0.3 is 4.57 Å². The minimum Gasteiger partial charge on any atom is -0.313 e. The molecule has 4 heteroatoms. The molecule has 0 spiro atoms. The first-order valence-electron chi connectivity index (χ1n) is 12.8. The summed E-state index contributed by atoms with van der Waals surface area (Å²) in [7, 11) is -3.28. The maximum atomic E-state index is 15.7. The number of nitrogens with zero attached hydrogens (tertiary/aromatic N) is 2. The second-order valence-corrected chi connectivity index (χ2v) is 12.4. The lowest BCUT2D eigenvalue weighted by atomic mass is 10.0. The first-order chi connectivity index (χ1) is 18.7. The molecule has 3 nitrogen and oxygen atoms in total. The topological polar surface area (TPSA) is 26.9 Å². The van der Waals surface area contributed by atoms with Gasteiger partial charge in [-0.2, -0.15) is 0 Å². The van der Waals surface area contributed by atoms with E-state index in [1.807, 2.05) is 60.7 Å². The van der Waals surface area contributed by atoms with Gasteiger partial charge in [0.25, 0.3) is 0 Å². The number of rotatable bonds is 3. The molecular formula is C34H23N2OP. The van der Waals surface area contributed by atoms with E-state index in [9.17, 15) is 0 Å². The van der Waals surface area contributed by atoms with Crippen LogP contribution in [0.5, 0.6) is 0 Å². The summed E-state index contributed by atoms with van der Waals surface area (Å²) in [6.45, 7) is 0. The van der Waals surface area contributed by atoms with Crippen molar-refractivity contribution in [1.82, 2.24) is 8.90 Å². The van der Waals surface area contributed by atoms with Gasteiger partial charge in [0.1, 0.15) is 0 Å². The molecule has 0 N–H and O–H groups in total. The lowest BCUT2D eigenvalue weighted by Gasteiger charge is -2.22. The van der Waals surface area contributed by atoms with Crippen molar-refractivity contribution >= 4 is 39.7 Å². The molecule has 1 atom stereocenters. The first kappa shape index (κ1) is 21.5. The third-order valence-electron chi connectivity index (χ3n) is 7.76. The predicted molar refractivity (Wildman–Crippen MR) is 158 cm³/mol. The van der Waals surface area contributed by atoms with Crippen LogP contribution in [0, 0.1) is 0 Å². The zero-order valence-corrected chi connectivity index (χ0v) is 21.4. The van der Waals surface area contributed by atoms with Crippen LogP contribution < -0.4 is 10.6 Å². The standard InChI is InChI=1S/C34H23N2OP/c37-38(26-16-8-3-9-17-26)32-19-11-10-18-31(32)35-22-29(24-12-4-1-5-13-24)27-20-21-28-30(25-14-6-2-7-15-25)23-36(38)34(28)33(27)35/h1-23H. The summed E-state index contributed by atoms with van der Waals surface area (Å²) >= 11 is 0. The van der Waals surface area contributed by atoms with Gasteiger partial charge in [-0.3, -0.25) is 8.90 Å². The number of fused-ring (bicyclic) bond motifs is 2. The molecule has 0 saturated carbocycles. The van der Waals surface area contributed by atoms with Gasteiger partial charge in [-0.25, -0.2) is 0 Å². The Morgan fingerprint density at radius 3 is 1.68 bits per heavy atom. The van der Waals surface area contributed by atoms with Crippen molar-refractivity contribution in [2.75, 3.05) is 0 Å². The third kappa shape index (κ3) is 2.82. The highest BCUT2D eigenvalue weighted by atomic mass is 31.2. The van der Waals surface area contributed by atoms with Crippen LogP contribution in [-0.2, 0) is 4.57 Å². The van der Waals surface area contributed by atoms with Crippen molar-refractivity contribution in [2.24, 2.45) is 0 Å². The summed E-state index contributed by atoms with van der Waals surface area (Å²) in [5.41, 5.74) is 7.60. The molecule has 3 heterocycles. The molecule has 0 saturated heterocycles. The normalized spacial score (nSPS) is 16.1. The van der Waals surface area contributed by atoms with Crippen LogP contribution in [0.1, 0.15) is 0 Å². The fourth-order valence-electron chi connectivity index (χ4n) is 6.05. The fourth-order valence-corrected chi connectivity index (χ4v) is 8.93. The van der Waals surface area contributed by atoms with Crippen molar-refractivity contribution in [2.45, 2.75) is 0 Å². The van der Waals surface area contributed by atoms with E-state index in [1.165, 1.54) is 11.1 Å². The van der Waals surface area contributed by atoms with E-state index in [1.54, 1.807) is 0 Å². The second kappa shape index (κ2) is 7.95. The minimum absolute atomic E-state index is 0.829. The Morgan fingerprint density at radius 1 is 0.500 bits per heavy atom. The molecule has 5 aromatic carbocycles. The van der Waals surface area contributed by atoms with Crippen LogP contribution in [0.3, 0.4) is 0 Å². The monoisotopic (exact) mass is 506 g/mol. The molecule has 7 aromatic rings. The Balaban J connectivity index is 1.61. The molecule has 1 aliphatic rings. The van der Waals surface area contributed by atoms with Gasteiger partial charge in [-0.05, 0) is 35.4 Å². The SMILES string of the molecule is O=P1(c2ccccc2)c2ccccc2-n2cc(-c3ccccc3)c3ccc4c(-c5ccccc5)cn1c4c32. The van der Waals surface area contributed by atoms with Crippen LogP contribution in [0.4, 0.5) is 0 Å². The quantitative estimate of drug-likeness (QED) is 0.223. The maximum absolute atomic E-state index is 15.7. The van der Waals surface area contributed by atoms with Gasteiger partial charge in [0, 0.05) is 39.6 Å². The highest BCUT2D eigenvalue weighted by Crippen LogP contribution is 2.54. The van der Waals surface area contributed by atoms with Crippen LogP contribution in [0.15, 0.2) is 140 Å². The minimum atomic E-state index is -3.28. The summed E-state index contributed by atoms with van der Waals surface area (Å²) in [4.78, 5) is 0. The molecule has 38 heavy (non-hydrogen) atoms. The molecule has 1 aliphatic heterocycles. The van der Waals surface area contributed by atoms with E-state index in [0.29, 0.717) is 0 Å². The van der Waals surface area contributed by atoms with E-state index in [0.717, 1.165) is 49.2 Å². The molecular weight excluding hydrogens is 483 g/mol. The lowest BCUT2D eigenvalue weighted by Crippen LogP contribution is -2.23. The second-order valence-electron chi connectivity index (χ2n) is 9.79. The average molecular weight is 507 g/mol. The smallest absolute Gasteiger partial charge is 0.235 e. The van der Waals surface area contributed by atoms with Crippen LogP contribution >= 0.6 is 7.29 Å². The summed E-state index contributed by atoms with van der Waals surface area (Å²) in [5.74, 6) is 0. The van der Waals surface area contributed by atoms with Crippen molar-refractivity contribution in [3.63, 3.8) is 0 Å². The highest BCUT2D eigenvalue weighted by molar-refractivity contribution is 7.77. The fraction of sp³-hybridized carbons (Fsp3) is 0. The number of hydrogen-bond acceptors (Lipinski definition) is 1. The van der Waals surface area contributed by atoms with E-state index in [4.69, 9.17) is 0 Å². The van der Waals surface area contributed by atoms with Crippen molar-refractivity contribution in [1.29, 1.82) is 0 Å². The van der Waals surface area contributed by atoms with E-state index in [2.05, 4.69) is 88.0 Å². The van der Waals surface area contributed by atoms with Gasteiger partial charge in [-0.1, -0.05) is 103 Å². The summed E-state index contributed by atoms with van der Waals surface area (Å²) in [5, 5.41) is 3.93. The third-order valence-corrected chi connectivity index (χ3v) is 10.7. The number of aromatic nitrogens is 2. The van der Waals surface area contributed by atoms with Gasteiger partial charge in [0.2, 0.25) is 7.29 Å². The predicted octanol–water partition coefficient (Wildman–Crippen LogP) is 8.01. The largest absolute Gasteiger partial charge is 0.313 e. The summed E-state index contributed by atoms with van der Waals surface area (Å²) < 4.78 is 20.0. The molecule has 0 aliphatic carbocycles. The van der Waals surface area contributed by atoms with Crippen LogP contribution in [0.2, 0.25) is 0 Å². The zero-order valence-electron chi connectivity index (χ0n) is 20.5. The molecule has 180 valence electrons. The van der Waals surface area contributed by atoms with Gasteiger partial charge >= 0.3 is 0 Å². The molecule has 1 unspecified atom stereocenters. The Labute approximate surface area is 220 Å². The zero-order chi connectivity index (χ0) is 25.3. The highest BCUT2D eigenvalue weighted by Gasteiger charge is 2.38. The molecule has 0 bridgehead atoms. The number of para-hydroxylation sites is 1. The summed E-state index contributed by atoms with van der Waals surface area (Å²) in [6.07, 6.45) is 4.34. The van der Waals surface area contributed by atoms with E-state index in [-0.39, 0.29) is 0 Å². The Kier molecular flexibility index (Phi) is 4.50. The maximum Gasteiger partial charge on any atom is 0.235 e. The Bertz CT molecular complexity index is 2040. The Hall–Kier alpha value is -4.59. The van der Waals surface area contributed by atoms with Crippen molar-refractivity contribution in [3.8, 4) is 27.9 Å². The van der Waals surface area contributed by atoms with Gasteiger partial charge in [0.15, 0.2) is 0 Å². The van der Waals surface area contributed by atoms with Crippen LogP contribution in [-0.4, -0.2) is 8.90 Å². The number of hydrogen-bond donors (Lipinski definition) is 0.